The van der Waals surface area contributed by atoms with Gasteiger partial charge in [0.1, 0.15) is 5.82 Å². The zero-order valence-electron chi connectivity index (χ0n) is 15.5. The maximum atomic E-state index is 12.9. The minimum atomic E-state index is -0.00306. The number of likely N-dealkylation sites (tertiary alicyclic amines) is 2. The molecule has 0 aromatic carbocycles. The Labute approximate surface area is 150 Å². The lowest BCUT2D eigenvalue weighted by molar-refractivity contribution is -0.141. The first-order chi connectivity index (χ1) is 12.1. The van der Waals surface area contributed by atoms with Crippen molar-refractivity contribution in [3.05, 3.63) is 18.2 Å². The summed E-state index contributed by atoms with van der Waals surface area (Å²) in [6, 6.07) is 0. The van der Waals surface area contributed by atoms with Crippen LogP contribution in [0.15, 0.2) is 12.4 Å². The van der Waals surface area contributed by atoms with Gasteiger partial charge in [-0.2, -0.15) is 0 Å². The zero-order valence-corrected chi connectivity index (χ0v) is 15.5. The molecule has 2 fully saturated rings. The van der Waals surface area contributed by atoms with Gasteiger partial charge in [0.2, 0.25) is 11.8 Å². The third-order valence-electron chi connectivity index (χ3n) is 5.73. The molecule has 1 aromatic heterocycles. The smallest absolute Gasteiger partial charge is 0.227 e. The molecule has 0 aliphatic carbocycles. The van der Waals surface area contributed by atoms with Crippen LogP contribution < -0.4 is 0 Å². The lowest BCUT2D eigenvalue weighted by Gasteiger charge is -2.38. The zero-order chi connectivity index (χ0) is 17.8. The lowest BCUT2D eigenvalue weighted by Crippen LogP contribution is -2.48. The molecule has 6 nitrogen and oxygen atoms in total. The molecule has 25 heavy (non-hydrogen) atoms. The van der Waals surface area contributed by atoms with Crippen LogP contribution in [0.5, 0.6) is 0 Å². The van der Waals surface area contributed by atoms with Crippen molar-refractivity contribution >= 4 is 11.8 Å². The molecular formula is C19H30N4O2. The number of carbonyl (C=O) groups is 2. The van der Waals surface area contributed by atoms with E-state index in [0.29, 0.717) is 18.9 Å². The van der Waals surface area contributed by atoms with Gasteiger partial charge in [0.15, 0.2) is 0 Å². The number of aryl methyl sites for hydroxylation is 1. The first kappa shape index (κ1) is 18.0. The lowest BCUT2D eigenvalue weighted by atomic mass is 9.92. The molecule has 1 atom stereocenters. The maximum Gasteiger partial charge on any atom is 0.227 e. The van der Waals surface area contributed by atoms with Crippen LogP contribution in [0, 0.1) is 18.8 Å². The summed E-state index contributed by atoms with van der Waals surface area (Å²) in [4.78, 5) is 33.0. The van der Waals surface area contributed by atoms with E-state index in [1.165, 1.54) is 0 Å². The van der Waals surface area contributed by atoms with E-state index >= 15 is 0 Å². The van der Waals surface area contributed by atoms with Crippen LogP contribution in [-0.4, -0.2) is 57.3 Å². The summed E-state index contributed by atoms with van der Waals surface area (Å²) in [5.74, 6) is 2.09. The molecule has 0 bridgehead atoms. The number of nitrogens with zero attached hydrogens (tertiary/aromatic N) is 4. The van der Waals surface area contributed by atoms with Crippen LogP contribution in [0.4, 0.5) is 0 Å². The van der Waals surface area contributed by atoms with E-state index in [-0.39, 0.29) is 17.7 Å². The summed E-state index contributed by atoms with van der Waals surface area (Å²) < 4.78 is 2.21. The molecule has 138 valence electrons. The van der Waals surface area contributed by atoms with Crippen molar-refractivity contribution < 1.29 is 9.59 Å². The quantitative estimate of drug-likeness (QED) is 0.839. The van der Waals surface area contributed by atoms with E-state index in [9.17, 15) is 9.59 Å². The summed E-state index contributed by atoms with van der Waals surface area (Å²) >= 11 is 0. The van der Waals surface area contributed by atoms with Gasteiger partial charge in [0, 0.05) is 51.5 Å². The molecular weight excluding hydrogens is 316 g/mol. The number of piperidine rings is 2. The Bertz CT molecular complexity index is 604. The highest BCUT2D eigenvalue weighted by atomic mass is 16.2. The normalized spacial score (nSPS) is 22.2. The van der Waals surface area contributed by atoms with Crippen molar-refractivity contribution in [1.29, 1.82) is 0 Å². The summed E-state index contributed by atoms with van der Waals surface area (Å²) in [6.07, 6.45) is 8.37. The van der Waals surface area contributed by atoms with Crippen LogP contribution in [0.2, 0.25) is 0 Å². The van der Waals surface area contributed by atoms with E-state index in [2.05, 4.69) is 9.55 Å². The van der Waals surface area contributed by atoms with Crippen molar-refractivity contribution in [1.82, 2.24) is 19.4 Å². The third kappa shape index (κ3) is 4.22. The van der Waals surface area contributed by atoms with Gasteiger partial charge in [-0.05, 0) is 38.5 Å². The predicted octanol–water partition coefficient (Wildman–Crippen LogP) is 2.08. The average Bonchev–Trinajstić information content (AvgIpc) is 3.06. The molecule has 0 saturated carbocycles. The van der Waals surface area contributed by atoms with Gasteiger partial charge in [-0.25, -0.2) is 4.98 Å². The number of carbonyl (C=O) groups excluding carboxylic acids is 2. The Morgan fingerprint density at radius 3 is 2.56 bits per heavy atom. The number of rotatable bonds is 4. The van der Waals surface area contributed by atoms with Crippen molar-refractivity contribution in [2.75, 3.05) is 26.2 Å². The first-order valence-electron chi connectivity index (χ1n) is 9.62. The topological polar surface area (TPSA) is 58.4 Å². The number of aromatic nitrogens is 2. The Balaban J connectivity index is 1.49. The summed E-state index contributed by atoms with van der Waals surface area (Å²) in [7, 11) is 0. The van der Waals surface area contributed by atoms with Gasteiger partial charge in [0.05, 0.1) is 5.92 Å². The molecule has 3 heterocycles. The summed E-state index contributed by atoms with van der Waals surface area (Å²) in [6.45, 7) is 8.02. The Hall–Kier alpha value is -1.85. The van der Waals surface area contributed by atoms with Crippen LogP contribution >= 0.6 is 0 Å². The fourth-order valence-corrected chi connectivity index (χ4v) is 4.10. The van der Waals surface area contributed by atoms with Crippen LogP contribution in [-0.2, 0) is 16.1 Å². The fraction of sp³-hybridized carbons (Fsp3) is 0.737. The second kappa shape index (κ2) is 8.02. The predicted molar refractivity (Wildman–Crippen MR) is 95.9 cm³/mol. The SMILES string of the molecule is CCC(=O)N1CCC[C@@H](C(=O)N2CCC(Cn3ccnc3C)CC2)C1. The van der Waals surface area contributed by atoms with Gasteiger partial charge in [-0.1, -0.05) is 6.92 Å². The maximum absolute atomic E-state index is 12.9. The van der Waals surface area contributed by atoms with Gasteiger partial charge in [0.25, 0.3) is 0 Å². The second-order valence-electron chi connectivity index (χ2n) is 7.43. The van der Waals surface area contributed by atoms with Crippen molar-refractivity contribution in [2.45, 2.75) is 52.5 Å². The van der Waals surface area contributed by atoms with E-state index in [1.807, 2.05) is 36.0 Å². The number of hydrogen-bond donors (Lipinski definition) is 0. The van der Waals surface area contributed by atoms with Gasteiger partial charge in [-0.3, -0.25) is 9.59 Å². The molecule has 3 rings (SSSR count). The first-order valence-corrected chi connectivity index (χ1v) is 9.62. The largest absolute Gasteiger partial charge is 0.342 e. The monoisotopic (exact) mass is 346 g/mol. The highest BCUT2D eigenvalue weighted by Crippen LogP contribution is 2.24. The van der Waals surface area contributed by atoms with Crippen molar-refractivity contribution in [3.8, 4) is 0 Å². The highest BCUT2D eigenvalue weighted by molar-refractivity contribution is 5.81. The summed E-state index contributed by atoms with van der Waals surface area (Å²) in [5.41, 5.74) is 0. The van der Waals surface area contributed by atoms with Crippen molar-refractivity contribution in [3.63, 3.8) is 0 Å². The Kier molecular flexibility index (Phi) is 5.76. The molecule has 2 aliphatic heterocycles. The molecule has 0 radical (unpaired) electrons. The molecule has 1 aromatic rings. The van der Waals surface area contributed by atoms with Crippen LogP contribution in [0.3, 0.4) is 0 Å². The molecule has 2 aliphatic rings. The van der Waals surface area contributed by atoms with E-state index in [0.717, 1.165) is 57.7 Å². The molecule has 0 N–H and O–H groups in total. The minimum Gasteiger partial charge on any atom is -0.342 e. The minimum absolute atomic E-state index is 0.00306. The number of hydrogen-bond acceptors (Lipinski definition) is 3. The van der Waals surface area contributed by atoms with E-state index in [4.69, 9.17) is 0 Å². The average molecular weight is 346 g/mol. The van der Waals surface area contributed by atoms with Crippen LogP contribution in [0.1, 0.15) is 44.9 Å². The van der Waals surface area contributed by atoms with E-state index < -0.39 is 0 Å². The van der Waals surface area contributed by atoms with Crippen LogP contribution in [0.25, 0.3) is 0 Å². The molecule has 0 spiro atoms. The van der Waals surface area contributed by atoms with Crippen molar-refractivity contribution in [2.24, 2.45) is 11.8 Å². The van der Waals surface area contributed by atoms with E-state index in [1.54, 1.807) is 0 Å². The second-order valence-corrected chi connectivity index (χ2v) is 7.43. The summed E-state index contributed by atoms with van der Waals surface area (Å²) in [5, 5.41) is 0. The molecule has 6 heteroatoms. The van der Waals surface area contributed by atoms with Gasteiger partial charge < -0.3 is 14.4 Å². The Morgan fingerprint density at radius 2 is 1.92 bits per heavy atom. The molecule has 2 amide bonds. The Morgan fingerprint density at radius 1 is 1.16 bits per heavy atom. The number of imidazole rings is 1. The third-order valence-corrected chi connectivity index (χ3v) is 5.73. The highest BCUT2D eigenvalue weighted by Gasteiger charge is 2.32. The fourth-order valence-electron chi connectivity index (χ4n) is 4.10. The number of amides is 2. The molecule has 2 saturated heterocycles. The molecule has 0 unspecified atom stereocenters. The standard InChI is InChI=1S/C19H30N4O2/c1-3-18(24)23-9-4-5-17(14-23)19(25)21-10-6-16(7-11-21)13-22-12-8-20-15(22)2/h8,12,16-17H,3-7,9-11,13-14H2,1-2H3/t17-/m1/s1. The van der Waals surface area contributed by atoms with Gasteiger partial charge >= 0.3 is 0 Å². The van der Waals surface area contributed by atoms with Gasteiger partial charge in [-0.15, -0.1) is 0 Å².